The highest BCUT2D eigenvalue weighted by Gasteiger charge is 2.26. The standard InChI is InChI=1S/C18H24N4O2/c1-21-12-16(11-20-21)9-15-6-8-22(13-15)18(24)19-7-5-14-3-2-4-17(23)10-14/h2-4,10-12,15,23H,5-9,13H2,1H3,(H,19,24). The average molecular weight is 328 g/mol. The molecule has 2 heterocycles. The third kappa shape index (κ3) is 4.28. The van der Waals surface area contributed by atoms with Gasteiger partial charge in [-0.3, -0.25) is 4.68 Å². The highest BCUT2D eigenvalue weighted by atomic mass is 16.3. The molecule has 2 amide bonds. The Labute approximate surface area is 142 Å². The molecule has 1 unspecified atom stereocenters. The maximum Gasteiger partial charge on any atom is 0.317 e. The Kier molecular flexibility index (Phi) is 5.03. The van der Waals surface area contributed by atoms with Crippen molar-refractivity contribution in [3.05, 3.63) is 47.8 Å². The van der Waals surface area contributed by atoms with E-state index in [9.17, 15) is 9.90 Å². The van der Waals surface area contributed by atoms with Crippen LogP contribution in [-0.4, -0.2) is 45.5 Å². The SMILES string of the molecule is Cn1cc(CC2CCN(C(=O)NCCc3cccc(O)c3)C2)cn1. The maximum atomic E-state index is 12.3. The zero-order valence-electron chi connectivity index (χ0n) is 14.0. The molecule has 3 rings (SSSR count). The van der Waals surface area contributed by atoms with Crippen molar-refractivity contribution in [1.29, 1.82) is 0 Å². The van der Waals surface area contributed by atoms with Gasteiger partial charge >= 0.3 is 6.03 Å². The molecule has 6 heteroatoms. The third-order valence-corrected chi connectivity index (χ3v) is 4.46. The van der Waals surface area contributed by atoms with E-state index >= 15 is 0 Å². The summed E-state index contributed by atoms with van der Waals surface area (Å²) in [6.07, 6.45) is 6.67. The van der Waals surface area contributed by atoms with Crippen molar-refractivity contribution in [3.8, 4) is 5.75 Å². The minimum atomic E-state index is 0.00356. The van der Waals surface area contributed by atoms with Crippen molar-refractivity contribution < 1.29 is 9.90 Å². The normalized spacial score (nSPS) is 17.2. The van der Waals surface area contributed by atoms with E-state index in [1.165, 1.54) is 5.56 Å². The van der Waals surface area contributed by atoms with Gasteiger partial charge in [0.15, 0.2) is 0 Å². The van der Waals surface area contributed by atoms with Crippen molar-refractivity contribution in [1.82, 2.24) is 20.0 Å². The first kappa shape index (κ1) is 16.4. The predicted octanol–water partition coefficient (Wildman–Crippen LogP) is 1.94. The van der Waals surface area contributed by atoms with Gasteiger partial charge in [0.2, 0.25) is 0 Å². The molecule has 1 aliphatic rings. The molecule has 1 aliphatic heterocycles. The number of aryl methyl sites for hydroxylation is 1. The Balaban J connectivity index is 1.41. The van der Waals surface area contributed by atoms with Crippen molar-refractivity contribution in [2.24, 2.45) is 13.0 Å². The smallest absolute Gasteiger partial charge is 0.317 e. The fourth-order valence-electron chi connectivity index (χ4n) is 3.23. The summed E-state index contributed by atoms with van der Waals surface area (Å²) in [5, 5.41) is 16.6. The number of nitrogens with zero attached hydrogens (tertiary/aromatic N) is 3. The first-order valence-corrected chi connectivity index (χ1v) is 8.38. The van der Waals surface area contributed by atoms with Crippen LogP contribution in [0, 0.1) is 5.92 Å². The summed E-state index contributed by atoms with van der Waals surface area (Å²) in [6.45, 7) is 2.18. The number of rotatable bonds is 5. The zero-order chi connectivity index (χ0) is 16.9. The van der Waals surface area contributed by atoms with E-state index in [0.717, 1.165) is 31.5 Å². The lowest BCUT2D eigenvalue weighted by Gasteiger charge is -2.17. The van der Waals surface area contributed by atoms with Gasteiger partial charge in [0, 0.05) is 32.9 Å². The molecule has 0 aliphatic carbocycles. The lowest BCUT2D eigenvalue weighted by Crippen LogP contribution is -2.39. The lowest BCUT2D eigenvalue weighted by atomic mass is 10.0. The largest absolute Gasteiger partial charge is 0.508 e. The number of amides is 2. The molecule has 2 aromatic rings. The number of hydrogen-bond acceptors (Lipinski definition) is 3. The second kappa shape index (κ2) is 7.38. The number of urea groups is 1. The third-order valence-electron chi connectivity index (χ3n) is 4.46. The zero-order valence-corrected chi connectivity index (χ0v) is 14.0. The number of phenols is 1. The maximum absolute atomic E-state index is 12.3. The van der Waals surface area contributed by atoms with Gasteiger partial charge in [-0.25, -0.2) is 4.79 Å². The summed E-state index contributed by atoms with van der Waals surface area (Å²) in [7, 11) is 1.92. The van der Waals surface area contributed by atoms with Crippen LogP contribution in [0.15, 0.2) is 36.7 Å². The highest BCUT2D eigenvalue weighted by Crippen LogP contribution is 2.20. The molecule has 24 heavy (non-hydrogen) atoms. The van der Waals surface area contributed by atoms with Crippen LogP contribution in [0.2, 0.25) is 0 Å². The van der Waals surface area contributed by atoms with E-state index in [-0.39, 0.29) is 11.8 Å². The van der Waals surface area contributed by atoms with E-state index in [0.29, 0.717) is 18.9 Å². The van der Waals surface area contributed by atoms with Crippen LogP contribution in [0.5, 0.6) is 5.75 Å². The minimum absolute atomic E-state index is 0.00356. The Morgan fingerprint density at radius 3 is 3.04 bits per heavy atom. The number of hydrogen-bond donors (Lipinski definition) is 2. The number of carbonyl (C=O) groups is 1. The molecule has 0 spiro atoms. The van der Waals surface area contributed by atoms with Crippen LogP contribution in [-0.2, 0) is 19.9 Å². The second-order valence-corrected chi connectivity index (χ2v) is 6.48. The van der Waals surface area contributed by atoms with Gasteiger partial charge in [-0.15, -0.1) is 0 Å². The number of carbonyl (C=O) groups excluding carboxylic acids is 1. The van der Waals surface area contributed by atoms with E-state index in [2.05, 4.69) is 10.4 Å². The van der Waals surface area contributed by atoms with Gasteiger partial charge in [-0.2, -0.15) is 5.10 Å². The van der Waals surface area contributed by atoms with Crippen LogP contribution in [0.3, 0.4) is 0 Å². The van der Waals surface area contributed by atoms with Gasteiger partial charge in [-0.1, -0.05) is 12.1 Å². The summed E-state index contributed by atoms with van der Waals surface area (Å²) in [5.74, 6) is 0.766. The fraction of sp³-hybridized carbons (Fsp3) is 0.444. The van der Waals surface area contributed by atoms with Gasteiger partial charge in [0.05, 0.1) is 6.20 Å². The molecular weight excluding hydrogens is 304 g/mol. The quantitative estimate of drug-likeness (QED) is 0.881. The Hall–Kier alpha value is -2.50. The van der Waals surface area contributed by atoms with E-state index in [1.54, 1.807) is 12.1 Å². The molecule has 0 saturated carbocycles. The van der Waals surface area contributed by atoms with E-state index in [1.807, 2.05) is 41.2 Å². The second-order valence-electron chi connectivity index (χ2n) is 6.48. The average Bonchev–Trinajstić information content (AvgIpc) is 3.17. The summed E-state index contributed by atoms with van der Waals surface area (Å²) in [6, 6.07) is 7.14. The molecule has 0 bridgehead atoms. The topological polar surface area (TPSA) is 70.4 Å². The van der Waals surface area contributed by atoms with Gasteiger partial charge in [0.25, 0.3) is 0 Å². The summed E-state index contributed by atoms with van der Waals surface area (Å²) in [4.78, 5) is 14.1. The molecule has 1 aromatic carbocycles. The summed E-state index contributed by atoms with van der Waals surface area (Å²) in [5.41, 5.74) is 2.25. The molecule has 1 aromatic heterocycles. The minimum Gasteiger partial charge on any atom is -0.508 e. The number of likely N-dealkylation sites (tertiary alicyclic amines) is 1. The predicted molar refractivity (Wildman–Crippen MR) is 91.8 cm³/mol. The number of benzene rings is 1. The fourth-order valence-corrected chi connectivity index (χ4v) is 3.23. The van der Waals surface area contributed by atoms with E-state index in [4.69, 9.17) is 0 Å². The van der Waals surface area contributed by atoms with Crippen LogP contribution in [0.1, 0.15) is 17.5 Å². The molecule has 1 fully saturated rings. The Morgan fingerprint density at radius 2 is 2.29 bits per heavy atom. The lowest BCUT2D eigenvalue weighted by molar-refractivity contribution is 0.207. The summed E-state index contributed by atoms with van der Waals surface area (Å²) >= 11 is 0. The van der Waals surface area contributed by atoms with Crippen molar-refractivity contribution in [2.75, 3.05) is 19.6 Å². The van der Waals surface area contributed by atoms with Crippen LogP contribution >= 0.6 is 0 Å². The number of nitrogens with one attached hydrogen (secondary N) is 1. The molecule has 1 saturated heterocycles. The van der Waals surface area contributed by atoms with Gasteiger partial charge < -0.3 is 15.3 Å². The molecule has 0 radical (unpaired) electrons. The van der Waals surface area contributed by atoms with Crippen LogP contribution in [0.25, 0.3) is 0 Å². The van der Waals surface area contributed by atoms with Gasteiger partial charge in [0.1, 0.15) is 5.75 Å². The van der Waals surface area contributed by atoms with E-state index < -0.39 is 0 Å². The first-order chi connectivity index (χ1) is 11.6. The first-order valence-electron chi connectivity index (χ1n) is 8.38. The molecule has 128 valence electrons. The molecule has 1 atom stereocenters. The van der Waals surface area contributed by atoms with Crippen LogP contribution in [0.4, 0.5) is 4.79 Å². The number of aromatic nitrogens is 2. The van der Waals surface area contributed by atoms with Crippen molar-refractivity contribution >= 4 is 6.03 Å². The monoisotopic (exact) mass is 328 g/mol. The molecule has 2 N–H and O–H groups in total. The van der Waals surface area contributed by atoms with Crippen LogP contribution < -0.4 is 5.32 Å². The highest BCUT2D eigenvalue weighted by molar-refractivity contribution is 5.74. The number of phenolic OH excluding ortho intramolecular Hbond substituents is 1. The van der Waals surface area contributed by atoms with Crippen molar-refractivity contribution in [3.63, 3.8) is 0 Å². The Morgan fingerprint density at radius 1 is 1.42 bits per heavy atom. The van der Waals surface area contributed by atoms with Crippen molar-refractivity contribution in [2.45, 2.75) is 19.3 Å². The molecule has 6 nitrogen and oxygen atoms in total. The molecular formula is C18H24N4O2. The summed E-state index contributed by atoms with van der Waals surface area (Å²) < 4.78 is 1.82. The van der Waals surface area contributed by atoms with Gasteiger partial charge in [-0.05, 0) is 48.4 Å². The Bertz CT molecular complexity index is 698. The number of aromatic hydroxyl groups is 1.